The predicted molar refractivity (Wildman–Crippen MR) is 80.4 cm³/mol. The molecule has 1 atom stereocenters. The van der Waals surface area contributed by atoms with Gasteiger partial charge in [0, 0.05) is 11.6 Å². The highest BCUT2D eigenvalue weighted by Crippen LogP contribution is 2.26. The van der Waals surface area contributed by atoms with Crippen molar-refractivity contribution in [1.82, 2.24) is 10.2 Å². The Morgan fingerprint density at radius 3 is 2.42 bits per heavy atom. The lowest BCUT2D eigenvalue weighted by Gasteiger charge is -2.36. The molecule has 2 aliphatic rings. The molecule has 1 saturated carbocycles. The van der Waals surface area contributed by atoms with Crippen LogP contribution < -0.4 is 5.32 Å². The van der Waals surface area contributed by atoms with Gasteiger partial charge in [0.1, 0.15) is 0 Å². The molecule has 2 N–H and O–H groups in total. The molecule has 3 heteroatoms. The molecule has 1 saturated heterocycles. The number of nitrogens with zero attached hydrogens (tertiary/aromatic N) is 1. The van der Waals surface area contributed by atoms with E-state index in [-0.39, 0.29) is 5.54 Å². The summed E-state index contributed by atoms with van der Waals surface area (Å²) in [7, 11) is 0. The summed E-state index contributed by atoms with van der Waals surface area (Å²) in [4.78, 5) is 2.52. The molecule has 112 valence electrons. The van der Waals surface area contributed by atoms with Gasteiger partial charge in [-0.05, 0) is 51.7 Å². The second kappa shape index (κ2) is 7.61. The minimum Gasteiger partial charge on any atom is -0.394 e. The van der Waals surface area contributed by atoms with E-state index in [2.05, 4.69) is 17.1 Å². The summed E-state index contributed by atoms with van der Waals surface area (Å²) in [6.45, 7) is 6.03. The van der Waals surface area contributed by atoms with Crippen LogP contribution in [0.15, 0.2) is 0 Å². The van der Waals surface area contributed by atoms with Crippen LogP contribution in [0.3, 0.4) is 0 Å². The zero-order valence-corrected chi connectivity index (χ0v) is 12.7. The molecule has 1 unspecified atom stereocenters. The van der Waals surface area contributed by atoms with Crippen LogP contribution in [0.25, 0.3) is 0 Å². The zero-order chi connectivity index (χ0) is 13.6. The van der Waals surface area contributed by atoms with Gasteiger partial charge < -0.3 is 15.3 Å². The molecular formula is C16H32N2O. The number of aliphatic hydroxyl groups excluding tert-OH is 1. The molecule has 0 bridgehead atoms. The van der Waals surface area contributed by atoms with E-state index in [1.165, 1.54) is 51.5 Å². The number of aliphatic hydroxyl groups is 1. The van der Waals surface area contributed by atoms with Crippen LogP contribution in [-0.2, 0) is 0 Å². The quantitative estimate of drug-likeness (QED) is 0.769. The highest BCUT2D eigenvalue weighted by Gasteiger charge is 2.33. The largest absolute Gasteiger partial charge is 0.394 e. The molecule has 0 radical (unpaired) electrons. The van der Waals surface area contributed by atoms with E-state index in [0.717, 1.165) is 25.9 Å². The molecule has 19 heavy (non-hydrogen) atoms. The molecule has 1 aliphatic carbocycles. The molecule has 0 amide bonds. The van der Waals surface area contributed by atoms with Crippen molar-refractivity contribution in [3.8, 4) is 0 Å². The lowest BCUT2D eigenvalue weighted by molar-refractivity contribution is 0.126. The second-order valence-corrected chi connectivity index (χ2v) is 6.56. The third-order valence-corrected chi connectivity index (χ3v) is 5.15. The van der Waals surface area contributed by atoms with Crippen molar-refractivity contribution in [1.29, 1.82) is 0 Å². The van der Waals surface area contributed by atoms with E-state index in [4.69, 9.17) is 0 Å². The Kier molecular flexibility index (Phi) is 6.11. The standard InChI is InChI=1S/C16H32N2O/c1-2-18-12-7-10-16(14-19,11-13-18)17-15-8-5-3-4-6-9-15/h15,17,19H,2-14H2,1H3. The van der Waals surface area contributed by atoms with Crippen molar-refractivity contribution in [2.24, 2.45) is 0 Å². The predicted octanol–water partition coefficient (Wildman–Crippen LogP) is 2.54. The van der Waals surface area contributed by atoms with Gasteiger partial charge >= 0.3 is 0 Å². The number of likely N-dealkylation sites (tertiary alicyclic amines) is 1. The van der Waals surface area contributed by atoms with E-state index in [1.54, 1.807) is 0 Å². The van der Waals surface area contributed by atoms with Crippen molar-refractivity contribution in [3.05, 3.63) is 0 Å². The Morgan fingerprint density at radius 1 is 1.05 bits per heavy atom. The monoisotopic (exact) mass is 268 g/mol. The first-order valence-electron chi connectivity index (χ1n) is 8.39. The van der Waals surface area contributed by atoms with Gasteiger partial charge in [-0.1, -0.05) is 32.6 Å². The maximum Gasteiger partial charge on any atom is 0.0613 e. The highest BCUT2D eigenvalue weighted by molar-refractivity contribution is 4.93. The maximum absolute atomic E-state index is 9.95. The molecular weight excluding hydrogens is 236 g/mol. The lowest BCUT2D eigenvalue weighted by atomic mass is 9.89. The fourth-order valence-corrected chi connectivity index (χ4v) is 3.77. The summed E-state index contributed by atoms with van der Waals surface area (Å²) in [6.07, 6.45) is 11.6. The van der Waals surface area contributed by atoms with Crippen molar-refractivity contribution in [3.63, 3.8) is 0 Å². The van der Waals surface area contributed by atoms with Crippen molar-refractivity contribution in [2.45, 2.75) is 76.3 Å². The second-order valence-electron chi connectivity index (χ2n) is 6.56. The van der Waals surface area contributed by atoms with Gasteiger partial charge in [0.05, 0.1) is 6.61 Å². The third kappa shape index (κ3) is 4.44. The van der Waals surface area contributed by atoms with Crippen molar-refractivity contribution >= 4 is 0 Å². The van der Waals surface area contributed by atoms with E-state index < -0.39 is 0 Å². The summed E-state index contributed by atoms with van der Waals surface area (Å²) >= 11 is 0. The van der Waals surface area contributed by atoms with Crippen LogP contribution in [0.5, 0.6) is 0 Å². The minimum atomic E-state index is -0.00106. The van der Waals surface area contributed by atoms with Crippen LogP contribution in [-0.4, -0.2) is 47.8 Å². The topological polar surface area (TPSA) is 35.5 Å². The maximum atomic E-state index is 9.95. The lowest BCUT2D eigenvalue weighted by Crippen LogP contribution is -2.53. The normalized spacial score (nSPS) is 31.9. The van der Waals surface area contributed by atoms with E-state index in [0.29, 0.717) is 12.6 Å². The number of nitrogens with one attached hydrogen (secondary N) is 1. The fourth-order valence-electron chi connectivity index (χ4n) is 3.77. The van der Waals surface area contributed by atoms with Crippen LogP contribution in [0, 0.1) is 0 Å². The average molecular weight is 268 g/mol. The smallest absolute Gasteiger partial charge is 0.0613 e. The van der Waals surface area contributed by atoms with E-state index >= 15 is 0 Å². The summed E-state index contributed by atoms with van der Waals surface area (Å²) < 4.78 is 0. The van der Waals surface area contributed by atoms with Gasteiger partial charge in [-0.25, -0.2) is 0 Å². The third-order valence-electron chi connectivity index (χ3n) is 5.15. The Hall–Kier alpha value is -0.120. The van der Waals surface area contributed by atoms with Crippen molar-refractivity contribution in [2.75, 3.05) is 26.2 Å². The molecule has 1 heterocycles. The van der Waals surface area contributed by atoms with Crippen molar-refractivity contribution < 1.29 is 5.11 Å². The van der Waals surface area contributed by atoms with E-state index in [1.807, 2.05) is 0 Å². The SMILES string of the molecule is CCN1CCCC(CO)(NC2CCCCCC2)CC1. The van der Waals surface area contributed by atoms with Gasteiger partial charge in [-0.15, -0.1) is 0 Å². The first-order chi connectivity index (χ1) is 9.28. The fraction of sp³-hybridized carbons (Fsp3) is 1.00. The number of hydrogen-bond donors (Lipinski definition) is 2. The van der Waals surface area contributed by atoms with Gasteiger partial charge in [0.25, 0.3) is 0 Å². The number of rotatable bonds is 4. The van der Waals surface area contributed by atoms with Crippen LogP contribution >= 0.6 is 0 Å². The van der Waals surface area contributed by atoms with Gasteiger partial charge in [-0.2, -0.15) is 0 Å². The van der Waals surface area contributed by atoms with Crippen LogP contribution in [0.4, 0.5) is 0 Å². The average Bonchev–Trinajstić information content (AvgIpc) is 2.80. The van der Waals surface area contributed by atoms with Gasteiger partial charge in [0.15, 0.2) is 0 Å². The Balaban J connectivity index is 1.92. The molecule has 3 nitrogen and oxygen atoms in total. The molecule has 2 rings (SSSR count). The Morgan fingerprint density at radius 2 is 1.79 bits per heavy atom. The summed E-state index contributed by atoms with van der Waals surface area (Å²) in [5.41, 5.74) is -0.00106. The summed E-state index contributed by atoms with van der Waals surface area (Å²) in [6, 6.07) is 0.642. The van der Waals surface area contributed by atoms with Gasteiger partial charge in [0.2, 0.25) is 0 Å². The first-order valence-corrected chi connectivity index (χ1v) is 8.39. The molecule has 0 spiro atoms. The minimum absolute atomic E-state index is 0.00106. The molecule has 2 fully saturated rings. The Bertz CT molecular complexity index is 251. The highest BCUT2D eigenvalue weighted by atomic mass is 16.3. The van der Waals surface area contributed by atoms with E-state index in [9.17, 15) is 5.11 Å². The molecule has 0 aromatic rings. The summed E-state index contributed by atoms with van der Waals surface area (Å²) in [5, 5.41) is 13.8. The molecule has 0 aromatic heterocycles. The first kappa shape index (κ1) is 15.3. The molecule has 0 aromatic carbocycles. The van der Waals surface area contributed by atoms with Crippen LogP contribution in [0.1, 0.15) is 64.7 Å². The Labute approximate surface area is 118 Å². The zero-order valence-electron chi connectivity index (χ0n) is 12.7. The van der Waals surface area contributed by atoms with Crippen LogP contribution in [0.2, 0.25) is 0 Å². The number of hydrogen-bond acceptors (Lipinski definition) is 3. The van der Waals surface area contributed by atoms with Gasteiger partial charge in [-0.3, -0.25) is 0 Å². The molecule has 1 aliphatic heterocycles. The summed E-state index contributed by atoms with van der Waals surface area (Å²) in [5.74, 6) is 0.